The zero-order valence-corrected chi connectivity index (χ0v) is 15.0. The molecule has 1 aromatic rings. The monoisotopic (exact) mass is 333 g/mol. The highest BCUT2D eigenvalue weighted by Crippen LogP contribution is 2.20. The predicted molar refractivity (Wildman–Crippen MR) is 94.9 cm³/mol. The Morgan fingerprint density at radius 1 is 1.25 bits per heavy atom. The van der Waals surface area contributed by atoms with Crippen LogP contribution in [0, 0.1) is 19.8 Å². The van der Waals surface area contributed by atoms with Gasteiger partial charge in [-0.3, -0.25) is 10.00 Å². The predicted octanol–water partition coefficient (Wildman–Crippen LogP) is 2.48. The minimum Gasteiger partial charge on any atom is -0.338 e. The van der Waals surface area contributed by atoms with Crippen LogP contribution in [0.3, 0.4) is 0 Å². The summed E-state index contributed by atoms with van der Waals surface area (Å²) >= 11 is 0. The summed E-state index contributed by atoms with van der Waals surface area (Å²) < 4.78 is 0. The lowest BCUT2D eigenvalue weighted by molar-refractivity contribution is 0.164. The average molecular weight is 333 g/mol. The number of nitrogens with zero attached hydrogens (tertiary/aromatic N) is 2. The lowest BCUT2D eigenvalue weighted by Crippen LogP contribution is -2.45. The second-order valence-electron chi connectivity index (χ2n) is 7.49. The van der Waals surface area contributed by atoms with Crippen LogP contribution in [0.15, 0.2) is 0 Å². The number of piperidine rings is 1. The van der Waals surface area contributed by atoms with Crippen molar-refractivity contribution in [1.29, 1.82) is 0 Å². The molecule has 3 rings (SSSR count). The Morgan fingerprint density at radius 3 is 2.75 bits per heavy atom. The van der Waals surface area contributed by atoms with E-state index in [1.807, 2.05) is 0 Å². The lowest BCUT2D eigenvalue weighted by Gasteiger charge is -2.33. The molecule has 1 aromatic heterocycles. The van der Waals surface area contributed by atoms with Crippen LogP contribution >= 0.6 is 0 Å². The maximum absolute atomic E-state index is 12.0. The van der Waals surface area contributed by atoms with Gasteiger partial charge >= 0.3 is 6.03 Å². The fraction of sp³-hybridized carbons (Fsp3) is 0.778. The Labute approximate surface area is 144 Å². The maximum atomic E-state index is 12.0. The zero-order valence-electron chi connectivity index (χ0n) is 15.0. The number of carbonyl (C=O) groups is 1. The summed E-state index contributed by atoms with van der Waals surface area (Å²) in [5, 5.41) is 13.6. The second kappa shape index (κ2) is 8.01. The lowest BCUT2D eigenvalue weighted by atomic mass is 9.97. The van der Waals surface area contributed by atoms with Crippen molar-refractivity contribution in [2.45, 2.75) is 65.0 Å². The number of aromatic amines is 1. The van der Waals surface area contributed by atoms with E-state index in [0.717, 1.165) is 44.7 Å². The van der Waals surface area contributed by atoms with Gasteiger partial charge in [-0.15, -0.1) is 0 Å². The molecule has 2 fully saturated rings. The molecule has 1 saturated heterocycles. The van der Waals surface area contributed by atoms with Crippen molar-refractivity contribution in [1.82, 2.24) is 25.7 Å². The molecule has 3 N–H and O–H groups in total. The number of urea groups is 1. The number of hydrogen-bond donors (Lipinski definition) is 3. The first kappa shape index (κ1) is 17.3. The Balaban J connectivity index is 1.42. The van der Waals surface area contributed by atoms with Gasteiger partial charge in [-0.05, 0) is 52.0 Å². The van der Waals surface area contributed by atoms with Gasteiger partial charge in [0.05, 0.1) is 5.69 Å². The third-order valence-electron chi connectivity index (χ3n) is 5.51. The van der Waals surface area contributed by atoms with Crippen LogP contribution in [0.2, 0.25) is 0 Å². The minimum absolute atomic E-state index is 0.0144. The Kier molecular flexibility index (Phi) is 5.76. The highest BCUT2D eigenvalue weighted by atomic mass is 16.2. The van der Waals surface area contributed by atoms with Crippen LogP contribution in [0.5, 0.6) is 0 Å². The number of rotatable bonds is 5. The summed E-state index contributed by atoms with van der Waals surface area (Å²) in [5.74, 6) is 0.542. The summed E-state index contributed by atoms with van der Waals surface area (Å²) in [6.07, 6.45) is 7.16. The highest BCUT2D eigenvalue weighted by molar-refractivity contribution is 5.74. The summed E-state index contributed by atoms with van der Waals surface area (Å²) in [5.41, 5.74) is 3.59. The topological polar surface area (TPSA) is 73.0 Å². The van der Waals surface area contributed by atoms with Gasteiger partial charge in [-0.1, -0.05) is 12.8 Å². The number of likely N-dealkylation sites (tertiary alicyclic amines) is 1. The summed E-state index contributed by atoms with van der Waals surface area (Å²) in [6.45, 7) is 8.07. The second-order valence-corrected chi connectivity index (χ2v) is 7.49. The number of aromatic nitrogens is 2. The van der Waals surface area contributed by atoms with Crippen molar-refractivity contribution in [2.75, 3.05) is 19.6 Å². The number of carbonyl (C=O) groups excluding carboxylic acids is 1. The van der Waals surface area contributed by atoms with Crippen LogP contribution in [-0.4, -0.2) is 46.8 Å². The van der Waals surface area contributed by atoms with Crippen LogP contribution < -0.4 is 10.6 Å². The van der Waals surface area contributed by atoms with Gasteiger partial charge < -0.3 is 10.6 Å². The molecule has 2 amide bonds. The van der Waals surface area contributed by atoms with E-state index in [0.29, 0.717) is 12.0 Å². The highest BCUT2D eigenvalue weighted by Gasteiger charge is 2.23. The van der Waals surface area contributed by atoms with Gasteiger partial charge in [0.25, 0.3) is 0 Å². The molecular formula is C18H31N5O. The van der Waals surface area contributed by atoms with Gasteiger partial charge in [-0.2, -0.15) is 5.10 Å². The van der Waals surface area contributed by atoms with Crippen molar-refractivity contribution in [3.05, 3.63) is 17.0 Å². The van der Waals surface area contributed by atoms with Crippen molar-refractivity contribution in [3.63, 3.8) is 0 Å². The Hall–Kier alpha value is -1.56. The largest absolute Gasteiger partial charge is 0.338 e. The smallest absolute Gasteiger partial charge is 0.315 e. The number of nitrogens with one attached hydrogen (secondary N) is 3. The summed E-state index contributed by atoms with van der Waals surface area (Å²) in [7, 11) is 0. The van der Waals surface area contributed by atoms with Crippen molar-refractivity contribution < 1.29 is 4.79 Å². The molecular weight excluding hydrogens is 302 g/mol. The molecule has 1 atom stereocenters. The third kappa shape index (κ3) is 4.50. The molecule has 2 aliphatic rings. The van der Waals surface area contributed by atoms with Gasteiger partial charge in [0.2, 0.25) is 0 Å². The van der Waals surface area contributed by atoms with Crippen LogP contribution in [-0.2, 0) is 6.54 Å². The van der Waals surface area contributed by atoms with Crippen molar-refractivity contribution in [3.8, 4) is 0 Å². The molecule has 0 unspecified atom stereocenters. The number of hydrogen-bond acceptors (Lipinski definition) is 3. The first-order valence-electron chi connectivity index (χ1n) is 9.39. The SMILES string of the molecule is Cc1n[nH]c(C)c1CN1CCC[C@@H](CNC(=O)NC2CCCC2)C1. The fourth-order valence-corrected chi connectivity index (χ4v) is 4.04. The van der Waals surface area contributed by atoms with Crippen LogP contribution in [0.1, 0.15) is 55.5 Å². The van der Waals surface area contributed by atoms with Gasteiger partial charge in [0, 0.05) is 36.9 Å². The molecule has 134 valence electrons. The molecule has 0 radical (unpaired) electrons. The Bertz CT molecular complexity index is 530. The van der Waals surface area contributed by atoms with Crippen molar-refractivity contribution in [2.24, 2.45) is 5.92 Å². The first-order chi connectivity index (χ1) is 11.6. The molecule has 1 aliphatic heterocycles. The van der Waals surface area contributed by atoms with Gasteiger partial charge in [-0.25, -0.2) is 4.79 Å². The van der Waals surface area contributed by atoms with E-state index in [-0.39, 0.29) is 6.03 Å². The first-order valence-corrected chi connectivity index (χ1v) is 9.39. The number of H-pyrrole nitrogens is 1. The molecule has 2 heterocycles. The summed E-state index contributed by atoms with van der Waals surface area (Å²) in [4.78, 5) is 14.5. The molecule has 6 heteroatoms. The van der Waals surface area contributed by atoms with Gasteiger partial charge in [0.1, 0.15) is 0 Å². The van der Waals surface area contributed by atoms with E-state index in [1.54, 1.807) is 0 Å². The van der Waals surface area contributed by atoms with Crippen molar-refractivity contribution >= 4 is 6.03 Å². The third-order valence-corrected chi connectivity index (χ3v) is 5.51. The van der Waals surface area contributed by atoms with Crippen LogP contribution in [0.4, 0.5) is 4.79 Å². The Morgan fingerprint density at radius 2 is 2.04 bits per heavy atom. The molecule has 0 bridgehead atoms. The molecule has 0 aromatic carbocycles. The van der Waals surface area contributed by atoms with E-state index in [4.69, 9.17) is 0 Å². The molecule has 1 aliphatic carbocycles. The van der Waals surface area contributed by atoms with E-state index in [1.165, 1.54) is 36.9 Å². The minimum atomic E-state index is 0.0144. The zero-order chi connectivity index (χ0) is 16.9. The quantitative estimate of drug-likeness (QED) is 0.775. The van der Waals surface area contributed by atoms with E-state index in [2.05, 4.69) is 39.6 Å². The summed E-state index contributed by atoms with van der Waals surface area (Å²) in [6, 6.07) is 0.403. The number of amides is 2. The molecule has 24 heavy (non-hydrogen) atoms. The molecule has 0 spiro atoms. The maximum Gasteiger partial charge on any atom is 0.315 e. The number of aryl methyl sites for hydroxylation is 2. The normalized spacial score (nSPS) is 22.7. The molecule has 1 saturated carbocycles. The van der Waals surface area contributed by atoms with Gasteiger partial charge in [0.15, 0.2) is 0 Å². The van der Waals surface area contributed by atoms with E-state index < -0.39 is 0 Å². The fourth-order valence-electron chi connectivity index (χ4n) is 4.04. The standard InChI is InChI=1S/C18H31N5O/c1-13-17(14(2)22-21-13)12-23-9-5-6-15(11-23)10-19-18(24)20-16-7-3-4-8-16/h15-16H,3-12H2,1-2H3,(H,21,22)(H2,19,20,24)/t15-/m0/s1. The van der Waals surface area contributed by atoms with E-state index in [9.17, 15) is 4.79 Å². The average Bonchev–Trinajstić information content (AvgIpc) is 3.19. The van der Waals surface area contributed by atoms with E-state index >= 15 is 0 Å². The molecule has 6 nitrogen and oxygen atoms in total. The van der Waals surface area contributed by atoms with Crippen LogP contribution in [0.25, 0.3) is 0 Å².